The number of alkyl carbamates (subject to hydrolysis) is 1. The topological polar surface area (TPSA) is 134 Å². The third kappa shape index (κ3) is 19.3. The first-order chi connectivity index (χ1) is 22.4. The number of alkyl halides is 2. The molecule has 3 N–H and O–H groups in total. The van der Waals surface area contributed by atoms with Gasteiger partial charge in [-0.15, -0.1) is 29.8 Å². The van der Waals surface area contributed by atoms with E-state index in [0.29, 0.717) is 25.9 Å². The highest BCUT2D eigenvalue weighted by molar-refractivity contribution is 6.40. The SMILES string of the molecule is C=CCNC=O.CCC.CCC(CC)C(CC)OC(=O)NC(C(=O)N1C[C@H](C)CC1C(=O)NC(C)C(C)=O)C1CCCCC1.ClCCl. The Morgan fingerprint density at radius 3 is 1.96 bits per heavy atom. The number of carbonyl (C=O) groups excluding carboxylic acids is 5. The number of ketones is 1. The Morgan fingerprint density at radius 1 is 0.979 bits per heavy atom. The molecule has 1 aliphatic carbocycles. The molecule has 2 rings (SSSR count). The molecule has 1 aliphatic heterocycles. The van der Waals surface area contributed by atoms with Crippen molar-refractivity contribution in [1.29, 1.82) is 0 Å². The predicted octanol–water partition coefficient (Wildman–Crippen LogP) is 6.96. The minimum atomic E-state index is -0.715. The van der Waals surface area contributed by atoms with E-state index in [2.05, 4.69) is 50.2 Å². The number of likely N-dealkylation sites (tertiary alicyclic amines) is 1. The van der Waals surface area contributed by atoms with Crippen LogP contribution in [0, 0.1) is 17.8 Å². The van der Waals surface area contributed by atoms with Crippen molar-refractivity contribution in [2.24, 2.45) is 17.8 Å². The van der Waals surface area contributed by atoms with Gasteiger partial charge in [-0.3, -0.25) is 19.2 Å². The lowest BCUT2D eigenvalue weighted by Crippen LogP contribution is -2.57. The van der Waals surface area contributed by atoms with Crippen LogP contribution in [0.2, 0.25) is 0 Å². The normalized spacial score (nSPS) is 19.1. The smallest absolute Gasteiger partial charge is 0.408 e. The molecule has 0 aromatic heterocycles. The molecule has 4 amide bonds. The molecule has 12 heteroatoms. The van der Waals surface area contributed by atoms with E-state index in [-0.39, 0.29) is 46.8 Å². The zero-order valence-corrected chi connectivity index (χ0v) is 31.8. The zero-order chi connectivity index (χ0) is 36.4. The standard InChI is InChI=1S/C27H47N3O5.C4H7NO.C3H8.CH2Cl2/c1-7-20(8-2)23(9-3)35-27(34)29-24(21-13-11-10-12-14-21)26(33)30-16-17(4)15-22(30)25(32)28-18(5)19(6)31;1-2-3-5-4-6;1-3-2;2-1-3/h17-18,20-24H,7-16H2,1-6H3,(H,28,32)(H,29,34);2,4H,1,3H2,(H,5,6);3H2,1-2H3;1H2/t17-,18?,22?,23?,24?;;;/m1.../s1. The number of hydrogen-bond acceptors (Lipinski definition) is 6. The summed E-state index contributed by atoms with van der Waals surface area (Å²) in [4.78, 5) is 62.5. The summed E-state index contributed by atoms with van der Waals surface area (Å²) in [6.45, 7) is 19.9. The molecule has 274 valence electrons. The van der Waals surface area contributed by atoms with Crippen LogP contribution in [-0.4, -0.2) is 77.7 Å². The molecule has 0 spiro atoms. The number of nitrogens with zero attached hydrogens (tertiary/aromatic N) is 1. The van der Waals surface area contributed by atoms with Gasteiger partial charge in [0.1, 0.15) is 18.2 Å². The van der Waals surface area contributed by atoms with Gasteiger partial charge in [-0.1, -0.05) is 73.3 Å². The molecule has 0 bridgehead atoms. The van der Waals surface area contributed by atoms with Crippen LogP contribution in [0.5, 0.6) is 0 Å². The first-order valence-electron chi connectivity index (χ1n) is 17.3. The first-order valence-corrected chi connectivity index (χ1v) is 18.4. The molecule has 0 radical (unpaired) electrons. The maximum absolute atomic E-state index is 13.9. The van der Waals surface area contributed by atoms with Crippen LogP contribution in [-0.2, 0) is 23.9 Å². The molecule has 2 aliphatic rings. The van der Waals surface area contributed by atoms with E-state index in [1.165, 1.54) is 13.3 Å². The molecule has 0 aromatic rings. The van der Waals surface area contributed by atoms with E-state index in [1.807, 2.05) is 13.8 Å². The van der Waals surface area contributed by atoms with Crippen molar-refractivity contribution >= 4 is 53.3 Å². The Bertz CT molecular complexity index is 889. The number of halogens is 2. The number of rotatable bonds is 14. The van der Waals surface area contributed by atoms with Crippen LogP contribution in [0.3, 0.4) is 0 Å². The van der Waals surface area contributed by atoms with E-state index in [1.54, 1.807) is 17.9 Å². The number of hydrogen-bond donors (Lipinski definition) is 3. The highest BCUT2D eigenvalue weighted by Crippen LogP contribution is 2.31. The van der Waals surface area contributed by atoms with Crippen molar-refractivity contribution in [2.45, 2.75) is 144 Å². The lowest BCUT2D eigenvalue weighted by Gasteiger charge is -2.35. The van der Waals surface area contributed by atoms with Crippen LogP contribution >= 0.6 is 23.2 Å². The highest BCUT2D eigenvalue weighted by Gasteiger charge is 2.43. The van der Waals surface area contributed by atoms with Crippen molar-refractivity contribution < 1.29 is 28.7 Å². The molecule has 2 fully saturated rings. The molecule has 1 saturated carbocycles. The minimum absolute atomic E-state index is 0.0211. The van der Waals surface area contributed by atoms with Crippen LogP contribution in [0.25, 0.3) is 0 Å². The molecule has 47 heavy (non-hydrogen) atoms. The fourth-order valence-electron chi connectivity index (χ4n) is 5.73. The van der Waals surface area contributed by atoms with Crippen molar-refractivity contribution in [2.75, 3.05) is 18.4 Å². The van der Waals surface area contributed by atoms with E-state index in [0.717, 1.165) is 51.4 Å². The van der Waals surface area contributed by atoms with Gasteiger partial charge in [-0.2, -0.15) is 0 Å². The molecule has 10 nitrogen and oxygen atoms in total. The lowest BCUT2D eigenvalue weighted by atomic mass is 9.83. The molecule has 1 heterocycles. The van der Waals surface area contributed by atoms with Gasteiger partial charge in [0.05, 0.1) is 11.4 Å². The fourth-order valence-corrected chi connectivity index (χ4v) is 5.73. The van der Waals surface area contributed by atoms with E-state index in [9.17, 15) is 24.0 Å². The van der Waals surface area contributed by atoms with E-state index < -0.39 is 24.2 Å². The van der Waals surface area contributed by atoms with Crippen molar-refractivity contribution in [1.82, 2.24) is 20.9 Å². The second kappa shape index (κ2) is 28.7. The lowest BCUT2D eigenvalue weighted by molar-refractivity contribution is -0.141. The number of Topliss-reactive ketones (excluding diaryl/α,β-unsaturated/α-hetero) is 1. The summed E-state index contributed by atoms with van der Waals surface area (Å²) in [5.41, 5.74) is 0. The van der Waals surface area contributed by atoms with E-state index in [4.69, 9.17) is 27.9 Å². The van der Waals surface area contributed by atoms with Crippen LogP contribution in [0.4, 0.5) is 4.79 Å². The maximum atomic E-state index is 13.9. The van der Waals surface area contributed by atoms with Crippen LogP contribution in [0.15, 0.2) is 12.7 Å². The zero-order valence-electron chi connectivity index (χ0n) is 30.2. The Hall–Kier alpha value is -2.33. The van der Waals surface area contributed by atoms with Crippen LogP contribution < -0.4 is 16.0 Å². The molecule has 5 atom stereocenters. The van der Waals surface area contributed by atoms with Gasteiger partial charge < -0.3 is 25.6 Å². The highest BCUT2D eigenvalue weighted by atomic mass is 35.5. The van der Waals surface area contributed by atoms with Gasteiger partial charge in [-0.25, -0.2) is 4.79 Å². The summed E-state index contributed by atoms with van der Waals surface area (Å²) in [6.07, 6.45) is 10.8. The Labute approximate surface area is 294 Å². The van der Waals surface area contributed by atoms with Crippen molar-refractivity contribution in [3.05, 3.63) is 12.7 Å². The van der Waals surface area contributed by atoms with Gasteiger partial charge in [0.2, 0.25) is 18.2 Å². The first kappa shape index (κ1) is 46.8. The summed E-state index contributed by atoms with van der Waals surface area (Å²) < 4.78 is 5.81. The average Bonchev–Trinajstić information content (AvgIpc) is 3.45. The molecule has 4 unspecified atom stereocenters. The summed E-state index contributed by atoms with van der Waals surface area (Å²) in [5, 5.41) is 8.27. The van der Waals surface area contributed by atoms with Crippen LogP contribution in [0.1, 0.15) is 120 Å². The second-order valence-corrected chi connectivity index (χ2v) is 13.1. The summed E-state index contributed by atoms with van der Waals surface area (Å²) in [5.74, 6) is -0.201. The maximum Gasteiger partial charge on any atom is 0.408 e. The van der Waals surface area contributed by atoms with Crippen molar-refractivity contribution in [3.8, 4) is 0 Å². The van der Waals surface area contributed by atoms with Gasteiger partial charge >= 0.3 is 6.09 Å². The minimum Gasteiger partial charge on any atom is -0.446 e. The number of nitrogens with one attached hydrogen (secondary N) is 3. The molecular formula is C35H64Cl2N4O6. The molecular weight excluding hydrogens is 643 g/mol. The third-order valence-corrected chi connectivity index (χ3v) is 8.31. The van der Waals surface area contributed by atoms with Gasteiger partial charge in [0.25, 0.3) is 0 Å². The quantitative estimate of drug-likeness (QED) is 0.0774. The largest absolute Gasteiger partial charge is 0.446 e. The second-order valence-electron chi connectivity index (χ2n) is 12.3. The van der Waals surface area contributed by atoms with Gasteiger partial charge in [0.15, 0.2) is 5.78 Å². The third-order valence-electron chi connectivity index (χ3n) is 8.31. The summed E-state index contributed by atoms with van der Waals surface area (Å²) in [6, 6.07) is -1.96. The number of ether oxygens (including phenoxy) is 1. The Kier molecular flexibility index (Phi) is 28.5. The molecule has 0 aromatic carbocycles. The Morgan fingerprint density at radius 2 is 1.53 bits per heavy atom. The predicted molar refractivity (Wildman–Crippen MR) is 193 cm³/mol. The monoisotopic (exact) mass is 706 g/mol. The summed E-state index contributed by atoms with van der Waals surface area (Å²) >= 11 is 9.53. The van der Waals surface area contributed by atoms with Gasteiger partial charge in [0, 0.05) is 13.1 Å². The number of amides is 4. The average molecular weight is 708 g/mol. The van der Waals surface area contributed by atoms with Gasteiger partial charge in [-0.05, 0) is 70.1 Å². The van der Waals surface area contributed by atoms with E-state index >= 15 is 0 Å². The Balaban J connectivity index is 0. The fraction of sp³-hybridized carbons (Fsp3) is 0.800. The summed E-state index contributed by atoms with van der Waals surface area (Å²) in [7, 11) is 0. The molecule has 1 saturated heterocycles. The van der Waals surface area contributed by atoms with Crippen molar-refractivity contribution in [3.63, 3.8) is 0 Å². The number of carbonyl (C=O) groups is 5.